The highest BCUT2D eigenvalue weighted by atomic mass is 35.5. The minimum atomic E-state index is 0.749. The summed E-state index contributed by atoms with van der Waals surface area (Å²) in [5, 5.41) is 0. The largest absolute Gasteiger partial charge is 0.302 e. The molecule has 1 unspecified atom stereocenters. The van der Waals surface area contributed by atoms with Crippen LogP contribution in [0.5, 0.6) is 0 Å². The third kappa shape index (κ3) is 3.61. The Morgan fingerprint density at radius 1 is 0.933 bits per heavy atom. The quantitative estimate of drug-likeness (QED) is 0.682. The van der Waals surface area contributed by atoms with Gasteiger partial charge in [0.1, 0.15) is 0 Å². The minimum absolute atomic E-state index is 0.749. The van der Waals surface area contributed by atoms with Gasteiger partial charge in [-0.3, -0.25) is 0 Å². The Labute approximate surface area is 98.6 Å². The SMILES string of the molecule is ClCC1CCCN(CCN2CCCC2)C1. The van der Waals surface area contributed by atoms with Crippen molar-refractivity contribution in [3.05, 3.63) is 0 Å². The first-order chi connectivity index (χ1) is 7.38. The molecule has 2 aliphatic heterocycles. The standard InChI is InChI=1S/C12H23ClN2/c13-10-12-4-3-7-15(11-12)9-8-14-5-1-2-6-14/h12H,1-11H2. The normalized spacial score (nSPS) is 29.8. The van der Waals surface area contributed by atoms with Crippen molar-refractivity contribution in [3.8, 4) is 0 Å². The van der Waals surface area contributed by atoms with Crippen LogP contribution in [0.2, 0.25) is 0 Å². The molecule has 88 valence electrons. The highest BCUT2D eigenvalue weighted by Crippen LogP contribution is 2.17. The third-order valence-corrected chi connectivity index (χ3v) is 4.19. The first-order valence-corrected chi connectivity index (χ1v) is 6.92. The predicted molar refractivity (Wildman–Crippen MR) is 65.6 cm³/mol. The molecule has 0 N–H and O–H groups in total. The molecule has 2 rings (SSSR count). The maximum Gasteiger partial charge on any atom is 0.0263 e. The van der Waals surface area contributed by atoms with E-state index in [0.717, 1.165) is 11.8 Å². The maximum atomic E-state index is 5.94. The summed E-state index contributed by atoms with van der Waals surface area (Å²) in [6.45, 7) is 7.71. The van der Waals surface area contributed by atoms with Crippen molar-refractivity contribution in [1.82, 2.24) is 9.80 Å². The fourth-order valence-electron chi connectivity index (χ4n) is 2.77. The molecule has 3 heteroatoms. The molecule has 1 atom stereocenters. The van der Waals surface area contributed by atoms with E-state index in [4.69, 9.17) is 11.6 Å². The summed E-state index contributed by atoms with van der Waals surface area (Å²) in [5.41, 5.74) is 0. The van der Waals surface area contributed by atoms with Crippen LogP contribution in [0, 0.1) is 5.92 Å². The van der Waals surface area contributed by atoms with Crippen molar-refractivity contribution in [2.24, 2.45) is 5.92 Å². The van der Waals surface area contributed by atoms with Gasteiger partial charge in [-0.1, -0.05) is 0 Å². The van der Waals surface area contributed by atoms with Crippen molar-refractivity contribution >= 4 is 11.6 Å². The van der Waals surface area contributed by atoms with Crippen molar-refractivity contribution in [1.29, 1.82) is 0 Å². The number of alkyl halides is 1. The zero-order valence-electron chi connectivity index (χ0n) is 9.63. The Balaban J connectivity index is 1.65. The number of hydrogen-bond donors (Lipinski definition) is 0. The van der Waals surface area contributed by atoms with Crippen LogP contribution < -0.4 is 0 Å². The highest BCUT2D eigenvalue weighted by molar-refractivity contribution is 6.18. The van der Waals surface area contributed by atoms with Gasteiger partial charge in [0, 0.05) is 25.5 Å². The summed E-state index contributed by atoms with van der Waals surface area (Å²) in [7, 11) is 0. The molecular formula is C12H23ClN2. The molecule has 2 fully saturated rings. The van der Waals surface area contributed by atoms with E-state index in [1.54, 1.807) is 0 Å². The number of nitrogens with zero attached hydrogens (tertiary/aromatic N) is 2. The van der Waals surface area contributed by atoms with Crippen LogP contribution in [0.1, 0.15) is 25.7 Å². The molecule has 2 aliphatic rings. The van der Waals surface area contributed by atoms with Gasteiger partial charge in [0.2, 0.25) is 0 Å². The molecule has 2 saturated heterocycles. The summed E-state index contributed by atoms with van der Waals surface area (Å²) in [6, 6.07) is 0. The van der Waals surface area contributed by atoms with Gasteiger partial charge in [0.15, 0.2) is 0 Å². The fourth-order valence-corrected chi connectivity index (χ4v) is 3.02. The Kier molecular flexibility index (Phi) is 4.73. The van der Waals surface area contributed by atoms with E-state index < -0.39 is 0 Å². The minimum Gasteiger partial charge on any atom is -0.302 e. The second-order valence-electron chi connectivity index (χ2n) is 5.01. The molecule has 0 radical (unpaired) electrons. The van der Waals surface area contributed by atoms with Gasteiger partial charge in [-0.2, -0.15) is 0 Å². The molecule has 2 heterocycles. The lowest BCUT2D eigenvalue weighted by molar-refractivity contribution is 0.164. The predicted octanol–water partition coefficient (Wildman–Crippen LogP) is 2.03. The Bertz CT molecular complexity index is 180. The lowest BCUT2D eigenvalue weighted by atomic mass is 10.0. The van der Waals surface area contributed by atoms with Crippen LogP contribution in [0.25, 0.3) is 0 Å². The smallest absolute Gasteiger partial charge is 0.0263 e. The number of hydrogen-bond acceptors (Lipinski definition) is 2. The number of piperidine rings is 1. The van der Waals surface area contributed by atoms with Gasteiger partial charge < -0.3 is 9.80 Å². The molecule has 0 bridgehead atoms. The van der Waals surface area contributed by atoms with Gasteiger partial charge in [-0.15, -0.1) is 11.6 Å². The average Bonchev–Trinajstić information content (AvgIpc) is 2.79. The number of likely N-dealkylation sites (tertiary alicyclic amines) is 2. The molecule has 0 aromatic heterocycles. The maximum absolute atomic E-state index is 5.94. The van der Waals surface area contributed by atoms with Crippen LogP contribution in [0.15, 0.2) is 0 Å². The Morgan fingerprint density at radius 3 is 2.33 bits per heavy atom. The van der Waals surface area contributed by atoms with Gasteiger partial charge in [0.05, 0.1) is 0 Å². The van der Waals surface area contributed by atoms with E-state index in [0.29, 0.717) is 0 Å². The van der Waals surface area contributed by atoms with Crippen LogP contribution in [-0.4, -0.2) is 54.9 Å². The third-order valence-electron chi connectivity index (χ3n) is 3.75. The van der Waals surface area contributed by atoms with Crippen LogP contribution in [-0.2, 0) is 0 Å². The number of rotatable bonds is 4. The van der Waals surface area contributed by atoms with Crippen LogP contribution in [0.4, 0.5) is 0 Å². The average molecular weight is 231 g/mol. The van der Waals surface area contributed by atoms with E-state index in [2.05, 4.69) is 9.80 Å². The van der Waals surface area contributed by atoms with Crippen molar-refractivity contribution < 1.29 is 0 Å². The zero-order chi connectivity index (χ0) is 10.5. The molecule has 2 nitrogen and oxygen atoms in total. The summed E-state index contributed by atoms with van der Waals surface area (Å²) in [4.78, 5) is 5.21. The summed E-state index contributed by atoms with van der Waals surface area (Å²) in [6.07, 6.45) is 5.50. The van der Waals surface area contributed by atoms with Gasteiger partial charge >= 0.3 is 0 Å². The molecule has 0 amide bonds. The monoisotopic (exact) mass is 230 g/mol. The first kappa shape index (κ1) is 11.7. The molecule has 15 heavy (non-hydrogen) atoms. The summed E-state index contributed by atoms with van der Waals surface area (Å²) >= 11 is 5.94. The zero-order valence-corrected chi connectivity index (χ0v) is 10.4. The lowest BCUT2D eigenvalue weighted by Gasteiger charge is -2.32. The summed E-state index contributed by atoms with van der Waals surface area (Å²) < 4.78 is 0. The highest BCUT2D eigenvalue weighted by Gasteiger charge is 2.20. The van der Waals surface area contributed by atoms with Crippen molar-refractivity contribution in [2.45, 2.75) is 25.7 Å². The van der Waals surface area contributed by atoms with Crippen molar-refractivity contribution in [3.63, 3.8) is 0 Å². The Morgan fingerprint density at radius 2 is 1.60 bits per heavy atom. The van der Waals surface area contributed by atoms with Crippen molar-refractivity contribution in [2.75, 3.05) is 45.1 Å². The van der Waals surface area contributed by atoms with Crippen LogP contribution >= 0.6 is 11.6 Å². The van der Waals surface area contributed by atoms with E-state index in [-0.39, 0.29) is 0 Å². The van der Waals surface area contributed by atoms with E-state index in [1.165, 1.54) is 65.0 Å². The topological polar surface area (TPSA) is 6.48 Å². The van der Waals surface area contributed by atoms with Gasteiger partial charge in [0.25, 0.3) is 0 Å². The molecular weight excluding hydrogens is 208 g/mol. The Hall–Kier alpha value is 0.210. The van der Waals surface area contributed by atoms with E-state index in [1.807, 2.05) is 0 Å². The molecule has 0 aromatic rings. The van der Waals surface area contributed by atoms with E-state index >= 15 is 0 Å². The van der Waals surface area contributed by atoms with Crippen LogP contribution in [0.3, 0.4) is 0 Å². The molecule has 0 saturated carbocycles. The first-order valence-electron chi connectivity index (χ1n) is 6.39. The lowest BCUT2D eigenvalue weighted by Crippen LogP contribution is -2.40. The molecule has 0 spiro atoms. The molecule has 0 aliphatic carbocycles. The van der Waals surface area contributed by atoms with E-state index in [9.17, 15) is 0 Å². The van der Waals surface area contributed by atoms with Gasteiger partial charge in [-0.05, 0) is 51.2 Å². The number of halogens is 1. The second-order valence-corrected chi connectivity index (χ2v) is 5.32. The van der Waals surface area contributed by atoms with Gasteiger partial charge in [-0.25, -0.2) is 0 Å². The second kappa shape index (κ2) is 6.07. The molecule has 0 aromatic carbocycles. The summed E-state index contributed by atoms with van der Waals surface area (Å²) in [5.74, 6) is 1.60. The fraction of sp³-hybridized carbons (Fsp3) is 1.00.